The van der Waals surface area contributed by atoms with E-state index in [0.29, 0.717) is 12.1 Å². The van der Waals surface area contributed by atoms with E-state index in [4.69, 9.17) is 5.73 Å². The predicted molar refractivity (Wildman–Crippen MR) is 67.9 cm³/mol. The SMILES string of the molecule is Cc1nn(C)c(C)c1C(=O)NC(C)CCCN. The highest BCUT2D eigenvalue weighted by Crippen LogP contribution is 2.12. The van der Waals surface area contributed by atoms with E-state index < -0.39 is 0 Å². The van der Waals surface area contributed by atoms with Crippen LogP contribution in [0.4, 0.5) is 0 Å². The Morgan fingerprint density at radius 2 is 2.18 bits per heavy atom. The normalized spacial score (nSPS) is 12.5. The molecule has 1 aromatic heterocycles. The fraction of sp³-hybridized carbons (Fsp3) is 0.667. The van der Waals surface area contributed by atoms with Crippen LogP contribution in [-0.4, -0.2) is 28.3 Å². The molecule has 0 saturated carbocycles. The van der Waals surface area contributed by atoms with Crippen molar-refractivity contribution in [1.82, 2.24) is 15.1 Å². The molecule has 0 fully saturated rings. The molecule has 0 saturated heterocycles. The molecule has 17 heavy (non-hydrogen) atoms. The smallest absolute Gasteiger partial charge is 0.255 e. The second kappa shape index (κ2) is 5.82. The Bertz CT molecular complexity index is 397. The third-order valence-electron chi connectivity index (χ3n) is 2.95. The Balaban J connectivity index is 2.70. The number of nitrogens with one attached hydrogen (secondary N) is 1. The molecular formula is C12H22N4O. The van der Waals surface area contributed by atoms with Crippen molar-refractivity contribution >= 4 is 5.91 Å². The minimum atomic E-state index is -0.0439. The van der Waals surface area contributed by atoms with Crippen LogP contribution >= 0.6 is 0 Å². The molecule has 1 aromatic rings. The quantitative estimate of drug-likeness (QED) is 0.800. The molecule has 5 heteroatoms. The first-order valence-electron chi connectivity index (χ1n) is 5.98. The van der Waals surface area contributed by atoms with Crippen molar-refractivity contribution in [2.75, 3.05) is 6.54 Å². The number of hydrogen-bond donors (Lipinski definition) is 2. The average Bonchev–Trinajstić information content (AvgIpc) is 2.50. The topological polar surface area (TPSA) is 72.9 Å². The fourth-order valence-electron chi connectivity index (χ4n) is 1.89. The lowest BCUT2D eigenvalue weighted by Gasteiger charge is -2.13. The number of carbonyl (C=O) groups is 1. The van der Waals surface area contributed by atoms with Crippen LogP contribution in [0.5, 0.6) is 0 Å². The van der Waals surface area contributed by atoms with Crippen LogP contribution in [0.3, 0.4) is 0 Å². The number of nitrogens with two attached hydrogens (primary N) is 1. The Hall–Kier alpha value is -1.36. The number of aryl methyl sites for hydroxylation is 2. The zero-order chi connectivity index (χ0) is 13.0. The summed E-state index contributed by atoms with van der Waals surface area (Å²) in [7, 11) is 1.84. The van der Waals surface area contributed by atoms with Gasteiger partial charge >= 0.3 is 0 Å². The number of hydrogen-bond acceptors (Lipinski definition) is 3. The number of rotatable bonds is 5. The van der Waals surface area contributed by atoms with Crippen molar-refractivity contribution in [3.63, 3.8) is 0 Å². The largest absolute Gasteiger partial charge is 0.349 e. The van der Waals surface area contributed by atoms with E-state index in [2.05, 4.69) is 10.4 Å². The van der Waals surface area contributed by atoms with Gasteiger partial charge in [0.1, 0.15) is 0 Å². The molecule has 1 rings (SSSR count). The molecular weight excluding hydrogens is 216 g/mol. The van der Waals surface area contributed by atoms with Crippen LogP contribution in [0.1, 0.15) is 41.5 Å². The lowest BCUT2D eigenvalue weighted by Crippen LogP contribution is -2.33. The first kappa shape index (κ1) is 13.7. The van der Waals surface area contributed by atoms with Crippen molar-refractivity contribution in [2.24, 2.45) is 12.8 Å². The number of aromatic nitrogens is 2. The van der Waals surface area contributed by atoms with E-state index in [9.17, 15) is 4.79 Å². The van der Waals surface area contributed by atoms with Crippen molar-refractivity contribution < 1.29 is 4.79 Å². The van der Waals surface area contributed by atoms with Crippen LogP contribution in [0.25, 0.3) is 0 Å². The van der Waals surface area contributed by atoms with Crippen LogP contribution < -0.4 is 11.1 Å². The van der Waals surface area contributed by atoms with Gasteiger partial charge < -0.3 is 11.1 Å². The zero-order valence-electron chi connectivity index (χ0n) is 11.1. The van der Waals surface area contributed by atoms with E-state index in [0.717, 1.165) is 24.2 Å². The number of carbonyl (C=O) groups excluding carboxylic acids is 1. The van der Waals surface area contributed by atoms with Gasteiger partial charge in [0.25, 0.3) is 5.91 Å². The molecule has 1 heterocycles. The minimum absolute atomic E-state index is 0.0439. The summed E-state index contributed by atoms with van der Waals surface area (Å²) in [4.78, 5) is 12.1. The molecule has 1 amide bonds. The first-order chi connectivity index (χ1) is 7.97. The molecule has 0 aliphatic carbocycles. The van der Waals surface area contributed by atoms with E-state index in [1.165, 1.54) is 0 Å². The summed E-state index contributed by atoms with van der Waals surface area (Å²) in [5, 5.41) is 7.22. The first-order valence-corrected chi connectivity index (χ1v) is 5.98. The Labute approximate surface area is 102 Å². The molecule has 0 aliphatic heterocycles. The highest BCUT2D eigenvalue weighted by atomic mass is 16.1. The Morgan fingerprint density at radius 1 is 1.53 bits per heavy atom. The standard InChI is InChI=1S/C12H22N4O/c1-8(6-5-7-13)14-12(17)11-9(2)15-16(4)10(11)3/h8H,5-7,13H2,1-4H3,(H,14,17). The second-order valence-corrected chi connectivity index (χ2v) is 4.47. The van der Waals surface area contributed by atoms with Crippen molar-refractivity contribution in [3.05, 3.63) is 17.0 Å². The maximum absolute atomic E-state index is 12.1. The second-order valence-electron chi connectivity index (χ2n) is 4.47. The van der Waals surface area contributed by atoms with Gasteiger partial charge in [-0.1, -0.05) is 0 Å². The van der Waals surface area contributed by atoms with E-state index in [1.54, 1.807) is 4.68 Å². The summed E-state index contributed by atoms with van der Waals surface area (Å²) in [5.41, 5.74) is 7.80. The van der Waals surface area contributed by atoms with Crippen molar-refractivity contribution in [2.45, 2.75) is 39.7 Å². The van der Waals surface area contributed by atoms with Gasteiger partial charge in [-0.2, -0.15) is 5.10 Å². The Morgan fingerprint density at radius 3 is 2.65 bits per heavy atom. The van der Waals surface area contributed by atoms with Gasteiger partial charge in [-0.15, -0.1) is 0 Å². The third-order valence-corrected chi connectivity index (χ3v) is 2.95. The summed E-state index contributed by atoms with van der Waals surface area (Å²) in [6.45, 7) is 6.41. The Kier molecular flexibility index (Phi) is 4.69. The van der Waals surface area contributed by atoms with Gasteiger partial charge in [-0.25, -0.2) is 0 Å². The molecule has 3 N–H and O–H groups in total. The molecule has 5 nitrogen and oxygen atoms in total. The highest BCUT2D eigenvalue weighted by molar-refractivity contribution is 5.96. The maximum Gasteiger partial charge on any atom is 0.255 e. The van der Waals surface area contributed by atoms with Gasteiger partial charge in [0.15, 0.2) is 0 Å². The number of amides is 1. The monoisotopic (exact) mass is 238 g/mol. The van der Waals surface area contributed by atoms with Gasteiger partial charge in [0.2, 0.25) is 0 Å². The lowest BCUT2D eigenvalue weighted by atomic mass is 10.1. The molecule has 1 atom stereocenters. The lowest BCUT2D eigenvalue weighted by molar-refractivity contribution is 0.0937. The molecule has 1 unspecified atom stereocenters. The van der Waals surface area contributed by atoms with Crippen LogP contribution in [0, 0.1) is 13.8 Å². The van der Waals surface area contributed by atoms with Crippen LogP contribution in [-0.2, 0) is 7.05 Å². The van der Waals surface area contributed by atoms with Gasteiger partial charge in [-0.3, -0.25) is 9.48 Å². The molecule has 0 spiro atoms. The molecule has 0 radical (unpaired) electrons. The van der Waals surface area contributed by atoms with Crippen LogP contribution in [0.15, 0.2) is 0 Å². The highest BCUT2D eigenvalue weighted by Gasteiger charge is 2.18. The summed E-state index contributed by atoms with van der Waals surface area (Å²) in [6.07, 6.45) is 1.83. The zero-order valence-corrected chi connectivity index (χ0v) is 11.1. The van der Waals surface area contributed by atoms with Gasteiger partial charge in [-0.05, 0) is 40.2 Å². The molecule has 0 aromatic carbocycles. The maximum atomic E-state index is 12.1. The minimum Gasteiger partial charge on any atom is -0.349 e. The molecule has 96 valence electrons. The van der Waals surface area contributed by atoms with Crippen molar-refractivity contribution in [1.29, 1.82) is 0 Å². The third kappa shape index (κ3) is 3.30. The van der Waals surface area contributed by atoms with Gasteiger partial charge in [0.05, 0.1) is 11.3 Å². The predicted octanol–water partition coefficient (Wildman–Crippen LogP) is 0.894. The van der Waals surface area contributed by atoms with Crippen LogP contribution in [0.2, 0.25) is 0 Å². The average molecular weight is 238 g/mol. The summed E-state index contributed by atoms with van der Waals surface area (Å²) >= 11 is 0. The van der Waals surface area contributed by atoms with E-state index in [1.807, 2.05) is 27.8 Å². The summed E-state index contributed by atoms with van der Waals surface area (Å²) < 4.78 is 1.73. The number of nitrogens with zero attached hydrogens (tertiary/aromatic N) is 2. The van der Waals surface area contributed by atoms with E-state index in [-0.39, 0.29) is 11.9 Å². The van der Waals surface area contributed by atoms with E-state index >= 15 is 0 Å². The fourth-order valence-corrected chi connectivity index (χ4v) is 1.89. The van der Waals surface area contributed by atoms with Gasteiger partial charge in [0, 0.05) is 18.8 Å². The van der Waals surface area contributed by atoms with Crippen molar-refractivity contribution in [3.8, 4) is 0 Å². The molecule has 0 aliphatic rings. The summed E-state index contributed by atoms with van der Waals surface area (Å²) in [6, 6.07) is 0.144. The summed E-state index contributed by atoms with van der Waals surface area (Å²) in [5.74, 6) is -0.0439. The molecule has 0 bridgehead atoms.